The van der Waals surface area contributed by atoms with Gasteiger partial charge in [0.15, 0.2) is 0 Å². The third-order valence-electron chi connectivity index (χ3n) is 5.54. The van der Waals surface area contributed by atoms with Crippen LogP contribution in [0.2, 0.25) is 0 Å². The van der Waals surface area contributed by atoms with E-state index in [2.05, 4.69) is 15.9 Å². The van der Waals surface area contributed by atoms with E-state index in [0.717, 1.165) is 4.47 Å². The van der Waals surface area contributed by atoms with Crippen molar-refractivity contribution in [1.82, 2.24) is 14.5 Å². The molecule has 0 aliphatic rings. The molecule has 0 saturated carbocycles. The van der Waals surface area contributed by atoms with Gasteiger partial charge >= 0.3 is 0 Å². The van der Waals surface area contributed by atoms with Crippen molar-refractivity contribution in [3.05, 3.63) is 105 Å². The van der Waals surface area contributed by atoms with E-state index in [4.69, 9.17) is 4.98 Å². The van der Waals surface area contributed by atoms with Crippen molar-refractivity contribution < 1.29 is 9.18 Å². The van der Waals surface area contributed by atoms with Crippen molar-refractivity contribution in [1.29, 1.82) is 0 Å². The Morgan fingerprint density at radius 2 is 1.73 bits per heavy atom. The molecule has 0 bridgehead atoms. The Balaban J connectivity index is 1.89. The molecule has 1 atom stereocenters. The lowest BCUT2D eigenvalue weighted by molar-refractivity contribution is 0.0681. The van der Waals surface area contributed by atoms with Crippen LogP contribution in [0, 0.1) is 5.82 Å². The molecule has 4 rings (SSSR count). The van der Waals surface area contributed by atoms with Gasteiger partial charge in [-0.1, -0.05) is 35.0 Å². The van der Waals surface area contributed by atoms with Crippen molar-refractivity contribution in [2.24, 2.45) is 0 Å². The smallest absolute Gasteiger partial charge is 0.266 e. The summed E-state index contributed by atoms with van der Waals surface area (Å²) >= 11 is 3.43. The fraction of sp³-hybridized carbons (Fsp3) is 0.192. The van der Waals surface area contributed by atoms with Crippen molar-refractivity contribution in [3.8, 4) is 5.69 Å². The van der Waals surface area contributed by atoms with Crippen LogP contribution in [-0.2, 0) is 0 Å². The lowest BCUT2D eigenvalue weighted by Crippen LogP contribution is -2.38. The van der Waals surface area contributed by atoms with Crippen LogP contribution in [-0.4, -0.2) is 26.9 Å². The number of halogens is 2. The zero-order valence-electron chi connectivity index (χ0n) is 18.3. The lowest BCUT2D eigenvalue weighted by Gasteiger charge is -2.30. The van der Waals surface area contributed by atoms with E-state index in [0.29, 0.717) is 40.9 Å². The quantitative estimate of drug-likeness (QED) is 0.326. The minimum absolute atomic E-state index is 0.199. The molecule has 7 heteroatoms. The third-order valence-corrected chi connectivity index (χ3v) is 6.07. The van der Waals surface area contributed by atoms with Crippen LogP contribution in [0.25, 0.3) is 16.6 Å². The predicted octanol–water partition coefficient (Wildman–Crippen LogP) is 5.90. The fourth-order valence-electron chi connectivity index (χ4n) is 3.88. The number of benzene rings is 3. The second kappa shape index (κ2) is 9.67. The standard InChI is InChI=1S/C26H23BrFN3O2/c1-3-16-30(25(32)18-8-12-20(28)13-9-18)17(2)24-29-23-7-5-4-6-22(23)26(33)31(24)21-14-10-19(27)11-15-21/h4-15,17H,3,16H2,1-2H3. The minimum atomic E-state index is -0.511. The summed E-state index contributed by atoms with van der Waals surface area (Å²) in [4.78, 5) is 33.5. The molecule has 0 radical (unpaired) electrons. The van der Waals surface area contributed by atoms with Gasteiger partial charge in [0.25, 0.3) is 11.5 Å². The molecule has 1 unspecified atom stereocenters. The number of para-hydroxylation sites is 1. The highest BCUT2D eigenvalue weighted by atomic mass is 79.9. The van der Waals surface area contributed by atoms with Gasteiger partial charge in [-0.3, -0.25) is 14.2 Å². The Bertz CT molecular complexity index is 1350. The molecule has 4 aromatic rings. The van der Waals surface area contributed by atoms with Gasteiger partial charge in [-0.25, -0.2) is 9.37 Å². The summed E-state index contributed by atoms with van der Waals surface area (Å²) in [6, 6.07) is 19.6. The summed E-state index contributed by atoms with van der Waals surface area (Å²) in [6.45, 7) is 4.30. The Morgan fingerprint density at radius 3 is 2.39 bits per heavy atom. The number of carbonyl (C=O) groups excluding carboxylic acids is 1. The van der Waals surface area contributed by atoms with Crippen LogP contribution in [0.5, 0.6) is 0 Å². The average molecular weight is 508 g/mol. The van der Waals surface area contributed by atoms with E-state index in [-0.39, 0.29) is 11.5 Å². The second-order valence-electron chi connectivity index (χ2n) is 7.79. The molecule has 168 valence electrons. The van der Waals surface area contributed by atoms with E-state index < -0.39 is 11.9 Å². The number of aromatic nitrogens is 2. The zero-order valence-corrected chi connectivity index (χ0v) is 19.9. The van der Waals surface area contributed by atoms with E-state index in [1.807, 2.05) is 50.2 Å². The number of rotatable bonds is 6. The van der Waals surface area contributed by atoms with Crippen LogP contribution in [0.1, 0.15) is 42.5 Å². The number of amides is 1. The van der Waals surface area contributed by atoms with Gasteiger partial charge in [0.05, 0.1) is 22.6 Å². The molecule has 1 amide bonds. The van der Waals surface area contributed by atoms with Crippen LogP contribution in [0.15, 0.2) is 82.1 Å². The molecular weight excluding hydrogens is 485 g/mol. The van der Waals surface area contributed by atoms with Crippen LogP contribution < -0.4 is 5.56 Å². The van der Waals surface area contributed by atoms with Gasteiger partial charge in [-0.15, -0.1) is 0 Å². The Labute approximate surface area is 199 Å². The van der Waals surface area contributed by atoms with Crippen LogP contribution in [0.4, 0.5) is 4.39 Å². The fourth-order valence-corrected chi connectivity index (χ4v) is 4.14. The molecule has 3 aromatic carbocycles. The maximum Gasteiger partial charge on any atom is 0.266 e. The Kier molecular flexibility index (Phi) is 6.70. The van der Waals surface area contributed by atoms with Crippen molar-refractivity contribution in [3.63, 3.8) is 0 Å². The molecule has 0 saturated heterocycles. The second-order valence-corrected chi connectivity index (χ2v) is 8.70. The Hall–Kier alpha value is -3.32. The summed E-state index contributed by atoms with van der Waals surface area (Å²) in [6.07, 6.45) is 0.716. The first-order chi connectivity index (χ1) is 15.9. The lowest BCUT2D eigenvalue weighted by atomic mass is 10.1. The summed E-state index contributed by atoms with van der Waals surface area (Å²) in [5.41, 5.74) is 1.42. The molecule has 0 N–H and O–H groups in total. The van der Waals surface area contributed by atoms with Gasteiger partial charge in [0.2, 0.25) is 0 Å². The zero-order chi connectivity index (χ0) is 23.5. The third kappa shape index (κ3) is 4.59. The van der Waals surface area contributed by atoms with Crippen LogP contribution in [0.3, 0.4) is 0 Å². The van der Waals surface area contributed by atoms with Crippen molar-refractivity contribution in [2.45, 2.75) is 26.3 Å². The summed E-state index contributed by atoms with van der Waals surface area (Å²) in [5, 5.41) is 0.503. The van der Waals surface area contributed by atoms with Gasteiger partial charge in [0, 0.05) is 16.6 Å². The summed E-state index contributed by atoms with van der Waals surface area (Å²) in [5.74, 6) is -0.180. The molecule has 0 aliphatic carbocycles. The van der Waals surface area contributed by atoms with Gasteiger partial charge in [-0.05, 0) is 74.0 Å². The number of nitrogens with zero attached hydrogens (tertiary/aromatic N) is 3. The highest BCUT2D eigenvalue weighted by Gasteiger charge is 2.27. The average Bonchev–Trinajstić information content (AvgIpc) is 2.83. The van der Waals surface area contributed by atoms with E-state index in [1.54, 1.807) is 21.6 Å². The number of hydrogen-bond acceptors (Lipinski definition) is 3. The molecule has 5 nitrogen and oxygen atoms in total. The highest BCUT2D eigenvalue weighted by molar-refractivity contribution is 9.10. The van der Waals surface area contributed by atoms with Gasteiger partial charge in [0.1, 0.15) is 11.6 Å². The largest absolute Gasteiger partial charge is 0.329 e. The maximum atomic E-state index is 13.6. The minimum Gasteiger partial charge on any atom is -0.329 e. The molecule has 0 aliphatic heterocycles. The number of fused-ring (bicyclic) bond motifs is 1. The van der Waals surface area contributed by atoms with E-state index in [9.17, 15) is 14.0 Å². The molecule has 0 spiro atoms. The molecule has 0 fully saturated rings. The first-order valence-electron chi connectivity index (χ1n) is 10.7. The number of hydrogen-bond donors (Lipinski definition) is 0. The van der Waals surface area contributed by atoms with Crippen LogP contribution >= 0.6 is 15.9 Å². The SMILES string of the molecule is CCCN(C(=O)c1ccc(F)cc1)C(C)c1nc2ccccc2c(=O)n1-c1ccc(Br)cc1. The first kappa shape index (κ1) is 22.9. The first-order valence-corrected chi connectivity index (χ1v) is 11.5. The van der Waals surface area contributed by atoms with E-state index in [1.165, 1.54) is 24.3 Å². The van der Waals surface area contributed by atoms with Gasteiger partial charge < -0.3 is 4.90 Å². The number of carbonyl (C=O) groups is 1. The summed E-state index contributed by atoms with van der Waals surface area (Å²) in [7, 11) is 0. The summed E-state index contributed by atoms with van der Waals surface area (Å²) < 4.78 is 15.9. The normalized spacial score (nSPS) is 12.0. The molecule has 33 heavy (non-hydrogen) atoms. The highest BCUT2D eigenvalue weighted by Crippen LogP contribution is 2.25. The Morgan fingerprint density at radius 1 is 1.06 bits per heavy atom. The topological polar surface area (TPSA) is 55.2 Å². The molecule has 1 heterocycles. The molecule has 1 aromatic heterocycles. The molecular formula is C26H23BrFN3O2. The van der Waals surface area contributed by atoms with Gasteiger partial charge in [-0.2, -0.15) is 0 Å². The van der Waals surface area contributed by atoms with Crippen molar-refractivity contribution in [2.75, 3.05) is 6.54 Å². The monoisotopic (exact) mass is 507 g/mol. The predicted molar refractivity (Wildman–Crippen MR) is 131 cm³/mol. The maximum absolute atomic E-state index is 13.6. The van der Waals surface area contributed by atoms with E-state index >= 15 is 0 Å². The van der Waals surface area contributed by atoms with Crippen molar-refractivity contribution >= 4 is 32.7 Å².